The molecule has 0 spiro atoms. The highest BCUT2D eigenvalue weighted by atomic mass is 32.1. The van der Waals surface area contributed by atoms with E-state index in [0.717, 1.165) is 39.2 Å². The van der Waals surface area contributed by atoms with Crippen LogP contribution in [0.3, 0.4) is 0 Å². The van der Waals surface area contributed by atoms with E-state index in [4.69, 9.17) is 4.42 Å². The second-order valence-electron chi connectivity index (χ2n) is 6.17. The summed E-state index contributed by atoms with van der Waals surface area (Å²) in [6, 6.07) is 9.70. The molecule has 1 amide bonds. The van der Waals surface area contributed by atoms with Crippen molar-refractivity contribution in [1.29, 1.82) is 0 Å². The third kappa shape index (κ3) is 4.09. The Bertz CT molecular complexity index is 896. The van der Waals surface area contributed by atoms with Gasteiger partial charge in [0.15, 0.2) is 10.8 Å². The molecule has 0 aliphatic rings. The van der Waals surface area contributed by atoms with Gasteiger partial charge in [-0.05, 0) is 49.7 Å². The van der Waals surface area contributed by atoms with Crippen molar-refractivity contribution < 1.29 is 9.21 Å². The smallest absolute Gasteiger partial charge is 0.230 e. The average molecular weight is 355 g/mol. The number of hydrogen-bond acceptors (Lipinski definition) is 5. The fourth-order valence-electron chi connectivity index (χ4n) is 2.66. The van der Waals surface area contributed by atoms with E-state index in [0.29, 0.717) is 0 Å². The molecular weight excluding hydrogens is 334 g/mol. The number of rotatable bonds is 5. The highest BCUT2D eigenvalue weighted by Crippen LogP contribution is 2.26. The van der Waals surface area contributed by atoms with Crippen LogP contribution in [-0.2, 0) is 11.2 Å². The van der Waals surface area contributed by atoms with E-state index in [9.17, 15) is 4.79 Å². The monoisotopic (exact) mass is 355 g/mol. The summed E-state index contributed by atoms with van der Waals surface area (Å²) in [4.78, 5) is 18.8. The number of hydrogen-bond donors (Lipinski definition) is 1. The molecule has 2 heterocycles. The van der Waals surface area contributed by atoms with Gasteiger partial charge in [-0.15, -0.1) is 11.3 Å². The maximum Gasteiger partial charge on any atom is 0.230 e. The van der Waals surface area contributed by atoms with Crippen LogP contribution in [0, 0.1) is 13.8 Å². The molecule has 6 heteroatoms. The van der Waals surface area contributed by atoms with Crippen LogP contribution in [-0.4, -0.2) is 25.0 Å². The zero-order chi connectivity index (χ0) is 18.0. The summed E-state index contributed by atoms with van der Waals surface area (Å²) >= 11 is 1.48. The number of aryl methyl sites for hydroxylation is 2. The molecule has 0 bridgehead atoms. The van der Waals surface area contributed by atoms with Crippen LogP contribution in [0.2, 0.25) is 0 Å². The van der Waals surface area contributed by atoms with Crippen LogP contribution in [0.4, 0.5) is 11.4 Å². The van der Waals surface area contributed by atoms with Gasteiger partial charge in [-0.1, -0.05) is 0 Å². The van der Waals surface area contributed by atoms with Gasteiger partial charge in [-0.25, -0.2) is 4.98 Å². The van der Waals surface area contributed by atoms with E-state index in [1.54, 1.807) is 0 Å². The quantitative estimate of drug-likeness (QED) is 0.743. The van der Waals surface area contributed by atoms with Crippen molar-refractivity contribution in [1.82, 2.24) is 4.98 Å². The van der Waals surface area contributed by atoms with E-state index in [1.165, 1.54) is 11.3 Å². The van der Waals surface area contributed by atoms with Crippen molar-refractivity contribution in [2.75, 3.05) is 24.3 Å². The Hall–Kier alpha value is -2.60. The minimum absolute atomic E-state index is 0.0792. The molecule has 0 aliphatic heterocycles. The third-order valence-electron chi connectivity index (χ3n) is 3.81. The topological polar surface area (TPSA) is 58.4 Å². The lowest BCUT2D eigenvalue weighted by atomic mass is 10.1. The van der Waals surface area contributed by atoms with Crippen LogP contribution in [0.25, 0.3) is 10.8 Å². The molecule has 0 fully saturated rings. The van der Waals surface area contributed by atoms with Crippen LogP contribution in [0.5, 0.6) is 0 Å². The summed E-state index contributed by atoms with van der Waals surface area (Å²) in [6.07, 6.45) is 0.241. The molecule has 2 aromatic heterocycles. The normalized spacial score (nSPS) is 10.7. The lowest BCUT2D eigenvalue weighted by Crippen LogP contribution is -2.15. The number of nitrogens with zero attached hydrogens (tertiary/aromatic N) is 2. The highest BCUT2D eigenvalue weighted by Gasteiger charge is 2.12. The largest absolute Gasteiger partial charge is 0.459 e. The van der Waals surface area contributed by atoms with Gasteiger partial charge in [-0.2, -0.15) is 0 Å². The summed E-state index contributed by atoms with van der Waals surface area (Å²) in [5, 5.41) is 5.62. The van der Waals surface area contributed by atoms with Crippen molar-refractivity contribution in [3.05, 3.63) is 52.7 Å². The molecule has 0 atom stereocenters. The van der Waals surface area contributed by atoms with Crippen molar-refractivity contribution in [2.45, 2.75) is 20.3 Å². The lowest BCUT2D eigenvalue weighted by Gasteiger charge is -2.16. The van der Waals surface area contributed by atoms with Gasteiger partial charge in [0.1, 0.15) is 5.76 Å². The molecule has 1 aromatic carbocycles. The summed E-state index contributed by atoms with van der Waals surface area (Å²) < 4.78 is 5.57. The summed E-state index contributed by atoms with van der Waals surface area (Å²) in [5.74, 6) is 1.51. The first-order valence-electron chi connectivity index (χ1n) is 8.01. The fourth-order valence-corrected chi connectivity index (χ4v) is 3.44. The summed E-state index contributed by atoms with van der Waals surface area (Å²) in [6.45, 7) is 3.93. The van der Waals surface area contributed by atoms with Gasteiger partial charge >= 0.3 is 0 Å². The minimum atomic E-state index is -0.0792. The molecule has 0 radical (unpaired) electrons. The van der Waals surface area contributed by atoms with Gasteiger partial charge in [0.25, 0.3) is 0 Å². The maximum absolute atomic E-state index is 12.3. The highest BCUT2D eigenvalue weighted by molar-refractivity contribution is 7.13. The molecular formula is C19H21N3O2S. The van der Waals surface area contributed by atoms with E-state index in [-0.39, 0.29) is 12.3 Å². The van der Waals surface area contributed by atoms with E-state index >= 15 is 0 Å². The Kier molecular flexibility index (Phi) is 4.90. The second-order valence-corrected chi connectivity index (χ2v) is 7.03. The van der Waals surface area contributed by atoms with E-state index in [2.05, 4.69) is 10.3 Å². The maximum atomic E-state index is 12.3. The zero-order valence-electron chi connectivity index (χ0n) is 14.8. The second kappa shape index (κ2) is 7.11. The molecule has 1 N–H and O–H groups in total. The van der Waals surface area contributed by atoms with Crippen molar-refractivity contribution in [3.63, 3.8) is 0 Å². The van der Waals surface area contributed by atoms with Crippen molar-refractivity contribution in [2.24, 2.45) is 0 Å². The van der Waals surface area contributed by atoms with Crippen LogP contribution >= 0.6 is 11.3 Å². The summed E-state index contributed by atoms with van der Waals surface area (Å²) in [5.41, 5.74) is 3.79. The number of carbonyl (C=O) groups is 1. The Morgan fingerprint density at radius 1 is 1.24 bits per heavy atom. The Labute approximate surface area is 151 Å². The molecule has 3 aromatic rings. The molecule has 0 unspecified atom stereocenters. The first kappa shape index (κ1) is 17.2. The van der Waals surface area contributed by atoms with Crippen LogP contribution in [0.15, 0.2) is 40.1 Å². The Morgan fingerprint density at radius 2 is 2.04 bits per heavy atom. The number of carbonyl (C=O) groups excluding carboxylic acids is 1. The average Bonchev–Trinajstić information content (AvgIpc) is 3.15. The Balaban J connectivity index is 1.65. The lowest BCUT2D eigenvalue weighted by molar-refractivity contribution is -0.115. The van der Waals surface area contributed by atoms with E-state index < -0.39 is 0 Å². The van der Waals surface area contributed by atoms with Gasteiger partial charge in [0.2, 0.25) is 5.91 Å². The molecule has 130 valence electrons. The van der Waals surface area contributed by atoms with Crippen molar-refractivity contribution in [3.8, 4) is 10.8 Å². The molecule has 5 nitrogen and oxygen atoms in total. The SMILES string of the molecule is Cc1ccc(-c2nc(CC(=O)Nc3ccc(N(C)C)c(C)c3)cs2)o1. The standard InChI is InChI=1S/C19H21N3O2S/c1-12-9-14(6-7-16(12)22(3)4)20-18(23)10-15-11-25-19(21-15)17-8-5-13(2)24-17/h5-9,11H,10H2,1-4H3,(H,20,23). The molecule has 0 saturated carbocycles. The molecule has 3 rings (SSSR count). The third-order valence-corrected chi connectivity index (χ3v) is 4.71. The number of benzene rings is 1. The van der Waals surface area contributed by atoms with Crippen LogP contribution in [0.1, 0.15) is 17.0 Å². The van der Waals surface area contributed by atoms with Gasteiger partial charge in [0.05, 0.1) is 12.1 Å². The number of aromatic nitrogens is 1. The molecule has 0 aliphatic carbocycles. The molecule has 0 saturated heterocycles. The van der Waals surface area contributed by atoms with Crippen LogP contribution < -0.4 is 10.2 Å². The number of thiazole rings is 1. The molecule has 25 heavy (non-hydrogen) atoms. The van der Waals surface area contributed by atoms with Gasteiger partial charge < -0.3 is 14.6 Å². The van der Waals surface area contributed by atoms with Gasteiger partial charge in [0, 0.05) is 30.9 Å². The Morgan fingerprint density at radius 3 is 2.68 bits per heavy atom. The first-order chi connectivity index (χ1) is 11.9. The predicted molar refractivity (Wildman–Crippen MR) is 102 cm³/mol. The number of furan rings is 1. The van der Waals surface area contributed by atoms with Crippen molar-refractivity contribution >= 4 is 28.6 Å². The minimum Gasteiger partial charge on any atom is -0.459 e. The zero-order valence-corrected chi connectivity index (χ0v) is 15.6. The van der Waals surface area contributed by atoms with E-state index in [1.807, 2.05) is 68.6 Å². The number of anilines is 2. The number of nitrogens with one attached hydrogen (secondary N) is 1. The van der Waals surface area contributed by atoms with Gasteiger partial charge in [-0.3, -0.25) is 4.79 Å². The predicted octanol–water partition coefficient (Wildman–Crippen LogP) is 4.27. The first-order valence-corrected chi connectivity index (χ1v) is 8.89. The fraction of sp³-hybridized carbons (Fsp3) is 0.263. The summed E-state index contributed by atoms with van der Waals surface area (Å²) in [7, 11) is 4.00. The number of amides is 1.